The predicted octanol–water partition coefficient (Wildman–Crippen LogP) is 5.18. The summed E-state index contributed by atoms with van der Waals surface area (Å²) >= 11 is 9.35. The zero-order valence-corrected chi connectivity index (χ0v) is 13.0. The highest BCUT2D eigenvalue weighted by Gasteiger charge is 2.02. The Morgan fingerprint density at radius 2 is 1.79 bits per heavy atom. The first-order chi connectivity index (χ1) is 8.97. The van der Waals surface area contributed by atoms with E-state index in [2.05, 4.69) is 20.9 Å². The lowest BCUT2D eigenvalue weighted by atomic mass is 10.1. The van der Waals surface area contributed by atoms with E-state index in [0.29, 0.717) is 10.8 Å². The van der Waals surface area contributed by atoms with E-state index in [4.69, 9.17) is 11.6 Å². The Bertz CT molecular complexity index is 630. The second kappa shape index (κ2) is 5.76. The zero-order valence-electron chi connectivity index (χ0n) is 10.6. The maximum Gasteiger partial charge on any atom is 0.121 e. The van der Waals surface area contributed by atoms with E-state index in [0.717, 1.165) is 26.9 Å². The van der Waals surface area contributed by atoms with Gasteiger partial charge >= 0.3 is 0 Å². The lowest BCUT2D eigenvalue weighted by Gasteiger charge is -2.04. The van der Waals surface area contributed by atoms with Gasteiger partial charge in [-0.1, -0.05) is 11.6 Å². The third-order valence-corrected chi connectivity index (χ3v) is 4.01. The number of aryl methyl sites for hydroxylation is 2. The number of halogens is 2. The van der Waals surface area contributed by atoms with Crippen molar-refractivity contribution in [2.45, 2.75) is 13.8 Å². The number of aliphatic imine (C=N–C) groups is 1. The number of hydrogen-bond donors (Lipinski definition) is 1. The number of phenolic OH excluding ortho intramolecular Hbond substituents is 1. The minimum atomic E-state index is 0.337. The van der Waals surface area contributed by atoms with Crippen LogP contribution < -0.4 is 0 Å². The number of aromatic hydroxyl groups is 1. The molecule has 0 aliphatic rings. The van der Waals surface area contributed by atoms with Crippen molar-refractivity contribution < 1.29 is 5.11 Å². The molecular formula is C15H13BrClNO. The van der Waals surface area contributed by atoms with Crippen LogP contribution in [0.2, 0.25) is 5.02 Å². The number of hydrogen-bond acceptors (Lipinski definition) is 2. The van der Waals surface area contributed by atoms with Gasteiger partial charge < -0.3 is 5.11 Å². The van der Waals surface area contributed by atoms with E-state index in [-0.39, 0.29) is 0 Å². The molecule has 0 heterocycles. The number of benzene rings is 2. The summed E-state index contributed by atoms with van der Waals surface area (Å²) < 4.78 is 0.851. The van der Waals surface area contributed by atoms with Gasteiger partial charge in [0.15, 0.2) is 0 Å². The third kappa shape index (κ3) is 3.37. The van der Waals surface area contributed by atoms with Gasteiger partial charge in [0.25, 0.3) is 0 Å². The Morgan fingerprint density at radius 3 is 2.37 bits per heavy atom. The van der Waals surface area contributed by atoms with Crippen molar-refractivity contribution in [2.75, 3.05) is 0 Å². The van der Waals surface area contributed by atoms with Crippen molar-refractivity contribution in [2.24, 2.45) is 4.99 Å². The normalized spacial score (nSPS) is 11.2. The van der Waals surface area contributed by atoms with Crippen LogP contribution in [-0.2, 0) is 0 Å². The molecule has 0 spiro atoms. The predicted molar refractivity (Wildman–Crippen MR) is 84.0 cm³/mol. The first-order valence-corrected chi connectivity index (χ1v) is 6.94. The summed E-state index contributed by atoms with van der Waals surface area (Å²) in [5.41, 5.74) is 3.42. The van der Waals surface area contributed by atoms with E-state index in [1.54, 1.807) is 12.3 Å². The lowest BCUT2D eigenvalue weighted by Crippen LogP contribution is -1.87. The van der Waals surface area contributed by atoms with Crippen LogP contribution in [0.4, 0.5) is 5.69 Å². The quantitative estimate of drug-likeness (QED) is 0.752. The van der Waals surface area contributed by atoms with E-state index < -0.39 is 0 Å². The summed E-state index contributed by atoms with van der Waals surface area (Å²) in [6, 6.07) is 9.33. The molecule has 0 aliphatic carbocycles. The number of phenols is 1. The smallest absolute Gasteiger partial charge is 0.121 e. The lowest BCUT2D eigenvalue weighted by molar-refractivity contribution is 0.467. The second-order valence-corrected chi connectivity index (χ2v) is 5.62. The topological polar surface area (TPSA) is 32.6 Å². The van der Waals surface area contributed by atoms with Crippen LogP contribution in [0.3, 0.4) is 0 Å². The molecule has 0 bridgehead atoms. The van der Waals surface area contributed by atoms with Gasteiger partial charge in [-0.15, -0.1) is 0 Å². The molecule has 0 amide bonds. The van der Waals surface area contributed by atoms with Gasteiger partial charge in [0, 0.05) is 10.7 Å². The molecule has 0 unspecified atom stereocenters. The maximum atomic E-state index is 9.72. The van der Waals surface area contributed by atoms with Crippen LogP contribution in [0.15, 0.2) is 39.8 Å². The van der Waals surface area contributed by atoms with Crippen LogP contribution >= 0.6 is 27.5 Å². The molecule has 0 atom stereocenters. The van der Waals surface area contributed by atoms with Gasteiger partial charge in [0.05, 0.1) is 10.7 Å². The minimum absolute atomic E-state index is 0.337. The van der Waals surface area contributed by atoms with Crippen LogP contribution in [0.25, 0.3) is 0 Å². The van der Waals surface area contributed by atoms with Crippen molar-refractivity contribution in [1.82, 2.24) is 0 Å². The molecule has 0 saturated heterocycles. The molecule has 19 heavy (non-hydrogen) atoms. The highest BCUT2D eigenvalue weighted by molar-refractivity contribution is 9.10. The molecule has 2 aromatic carbocycles. The van der Waals surface area contributed by atoms with Gasteiger partial charge in [-0.3, -0.25) is 4.99 Å². The van der Waals surface area contributed by atoms with Crippen LogP contribution in [0.1, 0.15) is 16.7 Å². The monoisotopic (exact) mass is 337 g/mol. The SMILES string of the molecule is Cc1cc(C=Nc2ccc(Br)c(Cl)c2)cc(C)c1O. The van der Waals surface area contributed by atoms with Gasteiger partial charge in [0.2, 0.25) is 0 Å². The Balaban J connectivity index is 2.30. The number of rotatable bonds is 2. The van der Waals surface area contributed by atoms with Crippen molar-refractivity contribution in [3.63, 3.8) is 0 Å². The van der Waals surface area contributed by atoms with Gasteiger partial charge in [0.1, 0.15) is 5.75 Å². The molecule has 0 aliphatic heterocycles. The highest BCUT2D eigenvalue weighted by atomic mass is 79.9. The second-order valence-electron chi connectivity index (χ2n) is 4.36. The average Bonchev–Trinajstić information content (AvgIpc) is 2.37. The Kier molecular flexibility index (Phi) is 4.27. The van der Waals surface area contributed by atoms with E-state index in [9.17, 15) is 5.11 Å². The minimum Gasteiger partial charge on any atom is -0.507 e. The van der Waals surface area contributed by atoms with E-state index >= 15 is 0 Å². The molecule has 2 rings (SSSR count). The highest BCUT2D eigenvalue weighted by Crippen LogP contribution is 2.27. The fourth-order valence-corrected chi connectivity index (χ4v) is 2.20. The number of nitrogens with zero attached hydrogens (tertiary/aromatic N) is 1. The van der Waals surface area contributed by atoms with Gasteiger partial charge in [-0.25, -0.2) is 0 Å². The van der Waals surface area contributed by atoms with Crippen LogP contribution in [0.5, 0.6) is 5.75 Å². The van der Waals surface area contributed by atoms with Gasteiger partial charge in [-0.05, 0) is 76.8 Å². The summed E-state index contributed by atoms with van der Waals surface area (Å²) in [6.07, 6.45) is 1.76. The largest absolute Gasteiger partial charge is 0.507 e. The molecule has 0 radical (unpaired) electrons. The Morgan fingerprint density at radius 1 is 1.16 bits per heavy atom. The summed E-state index contributed by atoms with van der Waals surface area (Å²) in [6.45, 7) is 3.74. The molecule has 1 N–H and O–H groups in total. The van der Waals surface area contributed by atoms with Crippen molar-refractivity contribution in [3.05, 3.63) is 56.5 Å². The van der Waals surface area contributed by atoms with Crippen LogP contribution in [0, 0.1) is 13.8 Å². The molecule has 4 heteroatoms. The molecule has 0 saturated carbocycles. The summed E-state index contributed by atoms with van der Waals surface area (Å²) in [4.78, 5) is 4.38. The standard InChI is InChI=1S/C15H13BrClNO/c1-9-5-11(6-10(2)15(9)19)8-18-12-3-4-13(16)14(17)7-12/h3-8,19H,1-2H3. The van der Waals surface area contributed by atoms with Gasteiger partial charge in [-0.2, -0.15) is 0 Å². The molecule has 98 valence electrons. The van der Waals surface area contributed by atoms with Crippen molar-refractivity contribution in [3.8, 4) is 5.75 Å². The Labute approximate surface area is 125 Å². The molecule has 2 aromatic rings. The zero-order chi connectivity index (χ0) is 14.0. The molecule has 0 fully saturated rings. The molecule has 2 nitrogen and oxygen atoms in total. The van der Waals surface area contributed by atoms with Crippen molar-refractivity contribution in [1.29, 1.82) is 0 Å². The average molecular weight is 339 g/mol. The first kappa shape index (κ1) is 14.1. The fraction of sp³-hybridized carbons (Fsp3) is 0.133. The molecule has 0 aromatic heterocycles. The molecular weight excluding hydrogens is 326 g/mol. The maximum absolute atomic E-state index is 9.72. The Hall–Kier alpha value is -1.32. The fourth-order valence-electron chi connectivity index (χ4n) is 1.78. The third-order valence-electron chi connectivity index (χ3n) is 2.78. The summed E-state index contributed by atoms with van der Waals surface area (Å²) in [5, 5.41) is 10.3. The van der Waals surface area contributed by atoms with Crippen LogP contribution in [-0.4, -0.2) is 11.3 Å². The van der Waals surface area contributed by atoms with Crippen molar-refractivity contribution >= 4 is 39.4 Å². The van der Waals surface area contributed by atoms with E-state index in [1.807, 2.05) is 38.1 Å². The summed E-state index contributed by atoms with van der Waals surface area (Å²) in [5.74, 6) is 0.337. The van der Waals surface area contributed by atoms with E-state index in [1.165, 1.54) is 0 Å². The first-order valence-electron chi connectivity index (χ1n) is 5.76. The summed E-state index contributed by atoms with van der Waals surface area (Å²) in [7, 11) is 0.